The van der Waals surface area contributed by atoms with E-state index in [9.17, 15) is 4.79 Å². The van der Waals surface area contributed by atoms with E-state index in [4.69, 9.17) is 23.2 Å². The Morgan fingerprint density at radius 1 is 1.00 bits per heavy atom. The fourth-order valence-electron chi connectivity index (χ4n) is 2.40. The molecule has 2 atom stereocenters. The lowest BCUT2D eigenvalue weighted by molar-refractivity contribution is -0.122. The van der Waals surface area contributed by atoms with Gasteiger partial charge in [0.15, 0.2) is 0 Å². The molecular weight excluding hydrogens is 317 g/mol. The quantitative estimate of drug-likeness (QED) is 0.726. The zero-order chi connectivity index (χ0) is 16.1. The Labute approximate surface area is 141 Å². The van der Waals surface area contributed by atoms with Crippen LogP contribution in [0.3, 0.4) is 0 Å². The van der Waals surface area contributed by atoms with E-state index in [1.807, 2.05) is 62.4 Å². The molecule has 0 aliphatic rings. The number of halogens is 2. The monoisotopic (exact) mass is 335 g/mol. The van der Waals surface area contributed by atoms with Crippen molar-refractivity contribution in [1.29, 1.82) is 0 Å². The summed E-state index contributed by atoms with van der Waals surface area (Å²) in [5.74, 6) is 0.0864. The maximum absolute atomic E-state index is 12.2. The number of carbonyl (C=O) groups is 1. The normalized spacial score (nSPS) is 13.5. The highest BCUT2D eigenvalue weighted by molar-refractivity contribution is 6.30. The molecule has 2 nitrogen and oxygen atoms in total. The van der Waals surface area contributed by atoms with Gasteiger partial charge >= 0.3 is 0 Å². The van der Waals surface area contributed by atoms with Crippen molar-refractivity contribution in [1.82, 2.24) is 0 Å². The molecule has 0 aliphatic carbocycles. The standard InChI is InChI=1S/C18H19Cl2NO/c1-3-17(22)12(2)18(13-4-6-14(19)7-5-13)21-16-10-8-15(20)9-11-16/h4-12,18,21H,3H2,1-2H3/t12-,18+/m0/s1. The first-order valence-corrected chi connectivity index (χ1v) is 8.07. The van der Waals surface area contributed by atoms with Crippen molar-refractivity contribution in [3.8, 4) is 0 Å². The molecule has 0 heterocycles. The van der Waals surface area contributed by atoms with Gasteiger partial charge in [0.1, 0.15) is 5.78 Å². The molecular formula is C18H19Cl2NO. The largest absolute Gasteiger partial charge is 0.378 e. The van der Waals surface area contributed by atoms with E-state index in [-0.39, 0.29) is 17.7 Å². The van der Waals surface area contributed by atoms with Crippen LogP contribution in [0.5, 0.6) is 0 Å². The summed E-state index contributed by atoms with van der Waals surface area (Å²) in [6.45, 7) is 3.84. The lowest BCUT2D eigenvalue weighted by atomic mass is 9.90. The van der Waals surface area contributed by atoms with Gasteiger partial charge in [0, 0.05) is 28.1 Å². The Kier molecular flexibility index (Phi) is 5.87. The van der Waals surface area contributed by atoms with Crippen LogP contribution in [-0.4, -0.2) is 5.78 Å². The van der Waals surface area contributed by atoms with Crippen LogP contribution in [0, 0.1) is 5.92 Å². The molecule has 0 aromatic heterocycles. The lowest BCUT2D eigenvalue weighted by Crippen LogP contribution is -2.25. The summed E-state index contributed by atoms with van der Waals surface area (Å²) >= 11 is 11.9. The molecule has 2 aromatic rings. The Bertz CT molecular complexity index is 623. The van der Waals surface area contributed by atoms with Crippen molar-refractivity contribution in [3.05, 3.63) is 64.1 Å². The number of ketones is 1. The number of Topliss-reactive ketones (excluding diaryl/α,β-unsaturated/α-hetero) is 1. The van der Waals surface area contributed by atoms with E-state index in [0.29, 0.717) is 16.5 Å². The number of anilines is 1. The van der Waals surface area contributed by atoms with Gasteiger partial charge in [-0.2, -0.15) is 0 Å². The molecule has 0 aliphatic heterocycles. The number of nitrogens with one attached hydrogen (secondary N) is 1. The van der Waals surface area contributed by atoms with Crippen molar-refractivity contribution in [2.24, 2.45) is 5.92 Å². The van der Waals surface area contributed by atoms with Gasteiger partial charge in [-0.15, -0.1) is 0 Å². The molecule has 1 N–H and O–H groups in total. The van der Waals surface area contributed by atoms with Crippen LogP contribution in [0.25, 0.3) is 0 Å². The third-order valence-electron chi connectivity index (χ3n) is 3.75. The second-order valence-electron chi connectivity index (χ2n) is 5.29. The first-order valence-electron chi connectivity index (χ1n) is 7.31. The number of carbonyl (C=O) groups excluding carboxylic acids is 1. The van der Waals surface area contributed by atoms with Gasteiger partial charge in [0.05, 0.1) is 6.04 Å². The van der Waals surface area contributed by atoms with Crippen LogP contribution in [0.2, 0.25) is 10.0 Å². The summed E-state index contributed by atoms with van der Waals surface area (Å²) in [6, 6.07) is 15.0. The zero-order valence-corrected chi connectivity index (χ0v) is 14.2. The van der Waals surface area contributed by atoms with Gasteiger partial charge in [0.25, 0.3) is 0 Å². The third-order valence-corrected chi connectivity index (χ3v) is 4.26. The predicted octanol–water partition coefficient (Wildman–Crippen LogP) is 5.76. The van der Waals surface area contributed by atoms with Gasteiger partial charge < -0.3 is 5.32 Å². The molecule has 0 spiro atoms. The van der Waals surface area contributed by atoms with Crippen molar-refractivity contribution in [3.63, 3.8) is 0 Å². The minimum atomic E-state index is -0.137. The Morgan fingerprint density at radius 3 is 2.00 bits per heavy atom. The predicted molar refractivity (Wildman–Crippen MR) is 93.7 cm³/mol. The fourth-order valence-corrected chi connectivity index (χ4v) is 2.65. The Morgan fingerprint density at radius 2 is 1.50 bits per heavy atom. The number of hydrogen-bond donors (Lipinski definition) is 1. The minimum absolute atomic E-state index is 0.106. The molecule has 4 heteroatoms. The smallest absolute Gasteiger partial charge is 0.137 e. The molecule has 2 aromatic carbocycles. The molecule has 2 rings (SSSR count). The summed E-state index contributed by atoms with van der Waals surface area (Å²) in [7, 11) is 0. The topological polar surface area (TPSA) is 29.1 Å². The molecule has 116 valence electrons. The zero-order valence-electron chi connectivity index (χ0n) is 12.6. The average molecular weight is 336 g/mol. The number of benzene rings is 2. The highest BCUT2D eigenvalue weighted by Gasteiger charge is 2.24. The SMILES string of the molecule is CCC(=O)[C@H](C)[C@@H](Nc1ccc(Cl)cc1)c1ccc(Cl)cc1. The van der Waals surface area contributed by atoms with E-state index < -0.39 is 0 Å². The summed E-state index contributed by atoms with van der Waals surface area (Å²) in [5.41, 5.74) is 1.97. The lowest BCUT2D eigenvalue weighted by Gasteiger charge is -2.26. The molecule has 22 heavy (non-hydrogen) atoms. The maximum atomic E-state index is 12.2. The van der Waals surface area contributed by atoms with E-state index in [0.717, 1.165) is 11.3 Å². The number of rotatable bonds is 6. The molecule has 0 saturated carbocycles. The van der Waals surface area contributed by atoms with Crippen LogP contribution in [0.4, 0.5) is 5.69 Å². The van der Waals surface area contributed by atoms with Gasteiger partial charge in [-0.25, -0.2) is 0 Å². The van der Waals surface area contributed by atoms with Crippen LogP contribution in [0.15, 0.2) is 48.5 Å². The summed E-state index contributed by atoms with van der Waals surface area (Å²) < 4.78 is 0. The second kappa shape index (κ2) is 7.66. The number of hydrogen-bond acceptors (Lipinski definition) is 2. The van der Waals surface area contributed by atoms with Crippen LogP contribution < -0.4 is 5.32 Å². The van der Waals surface area contributed by atoms with Gasteiger partial charge in [-0.1, -0.05) is 49.2 Å². The van der Waals surface area contributed by atoms with Crippen molar-refractivity contribution < 1.29 is 4.79 Å². The molecule has 0 radical (unpaired) electrons. The van der Waals surface area contributed by atoms with E-state index in [2.05, 4.69) is 5.32 Å². The van der Waals surface area contributed by atoms with E-state index >= 15 is 0 Å². The average Bonchev–Trinajstić information content (AvgIpc) is 2.54. The van der Waals surface area contributed by atoms with Crippen LogP contribution in [0.1, 0.15) is 31.9 Å². The van der Waals surface area contributed by atoms with Crippen LogP contribution in [-0.2, 0) is 4.79 Å². The molecule has 0 unspecified atom stereocenters. The third kappa shape index (κ3) is 4.25. The van der Waals surface area contributed by atoms with Crippen molar-refractivity contribution in [2.45, 2.75) is 26.3 Å². The minimum Gasteiger partial charge on any atom is -0.378 e. The first-order chi connectivity index (χ1) is 10.5. The summed E-state index contributed by atoms with van der Waals surface area (Å²) in [6.07, 6.45) is 0.521. The van der Waals surface area contributed by atoms with Crippen LogP contribution >= 0.6 is 23.2 Å². The first kappa shape index (κ1) is 16.9. The summed E-state index contributed by atoms with van der Waals surface area (Å²) in [4.78, 5) is 12.2. The Hall–Kier alpha value is -1.51. The highest BCUT2D eigenvalue weighted by atomic mass is 35.5. The van der Waals surface area contributed by atoms with E-state index in [1.165, 1.54) is 0 Å². The molecule has 0 fully saturated rings. The molecule has 0 amide bonds. The van der Waals surface area contributed by atoms with Gasteiger partial charge in [-0.05, 0) is 42.0 Å². The maximum Gasteiger partial charge on any atom is 0.137 e. The van der Waals surface area contributed by atoms with Crippen molar-refractivity contribution >= 4 is 34.7 Å². The fraction of sp³-hybridized carbons (Fsp3) is 0.278. The van der Waals surface area contributed by atoms with Crippen molar-refractivity contribution in [2.75, 3.05) is 5.32 Å². The second-order valence-corrected chi connectivity index (χ2v) is 6.16. The molecule has 0 bridgehead atoms. The molecule has 0 saturated heterocycles. The highest BCUT2D eigenvalue weighted by Crippen LogP contribution is 2.29. The van der Waals surface area contributed by atoms with E-state index in [1.54, 1.807) is 0 Å². The van der Waals surface area contributed by atoms with Gasteiger partial charge in [0.2, 0.25) is 0 Å². The van der Waals surface area contributed by atoms with Gasteiger partial charge in [-0.3, -0.25) is 4.79 Å². The summed E-state index contributed by atoms with van der Waals surface area (Å²) in [5, 5.41) is 4.80. The Balaban J connectivity index is 2.30.